The van der Waals surface area contributed by atoms with E-state index in [0.717, 1.165) is 11.8 Å². The lowest BCUT2D eigenvalue weighted by atomic mass is 10.1. The van der Waals surface area contributed by atoms with Gasteiger partial charge in [-0.15, -0.1) is 0 Å². The smallest absolute Gasteiger partial charge is 0.00669 e. The van der Waals surface area contributed by atoms with Gasteiger partial charge in [0.25, 0.3) is 0 Å². The molecule has 2 heteroatoms. The SMILES string of the molecule is CC1CCCCCN1CCCCS. The van der Waals surface area contributed by atoms with Crippen molar-refractivity contribution in [2.24, 2.45) is 0 Å². The summed E-state index contributed by atoms with van der Waals surface area (Å²) in [5, 5.41) is 0. The van der Waals surface area contributed by atoms with Crippen molar-refractivity contribution < 1.29 is 0 Å². The zero-order chi connectivity index (χ0) is 9.52. The lowest BCUT2D eigenvalue weighted by Gasteiger charge is -2.26. The van der Waals surface area contributed by atoms with E-state index in [1.54, 1.807) is 0 Å². The number of hydrogen-bond acceptors (Lipinski definition) is 2. The second-order valence-corrected chi connectivity index (χ2v) is 4.61. The van der Waals surface area contributed by atoms with Gasteiger partial charge in [0, 0.05) is 6.04 Å². The Morgan fingerprint density at radius 1 is 1.23 bits per heavy atom. The molecule has 1 atom stereocenters. The summed E-state index contributed by atoms with van der Waals surface area (Å²) in [5.74, 6) is 1.04. The number of unbranched alkanes of at least 4 members (excludes halogenated alkanes) is 1. The molecule has 1 unspecified atom stereocenters. The van der Waals surface area contributed by atoms with E-state index in [-0.39, 0.29) is 0 Å². The highest BCUT2D eigenvalue weighted by Crippen LogP contribution is 2.16. The molecule has 0 spiro atoms. The molecule has 78 valence electrons. The van der Waals surface area contributed by atoms with Gasteiger partial charge in [0.15, 0.2) is 0 Å². The van der Waals surface area contributed by atoms with E-state index in [0.29, 0.717) is 0 Å². The highest BCUT2D eigenvalue weighted by Gasteiger charge is 2.15. The first-order valence-electron chi connectivity index (χ1n) is 5.69. The summed E-state index contributed by atoms with van der Waals surface area (Å²) in [6.45, 7) is 5.00. The Kier molecular flexibility index (Phi) is 5.88. The summed E-state index contributed by atoms with van der Waals surface area (Å²) < 4.78 is 0. The van der Waals surface area contributed by atoms with Crippen LogP contribution in [0.3, 0.4) is 0 Å². The van der Waals surface area contributed by atoms with E-state index in [1.807, 2.05) is 0 Å². The maximum atomic E-state index is 4.24. The van der Waals surface area contributed by atoms with Crippen molar-refractivity contribution in [2.75, 3.05) is 18.8 Å². The first kappa shape index (κ1) is 11.4. The van der Waals surface area contributed by atoms with Crippen LogP contribution in [0.5, 0.6) is 0 Å². The predicted molar refractivity (Wildman–Crippen MR) is 62.6 cm³/mol. The third-order valence-corrected chi connectivity index (χ3v) is 3.36. The third kappa shape index (κ3) is 4.37. The van der Waals surface area contributed by atoms with Crippen molar-refractivity contribution in [2.45, 2.75) is 51.5 Å². The van der Waals surface area contributed by atoms with Crippen molar-refractivity contribution >= 4 is 12.6 Å². The molecule has 1 rings (SSSR count). The van der Waals surface area contributed by atoms with E-state index in [9.17, 15) is 0 Å². The van der Waals surface area contributed by atoms with E-state index >= 15 is 0 Å². The molecule has 1 saturated heterocycles. The lowest BCUT2D eigenvalue weighted by molar-refractivity contribution is 0.211. The Bertz CT molecular complexity index is 127. The van der Waals surface area contributed by atoms with Gasteiger partial charge in [-0.1, -0.05) is 12.8 Å². The van der Waals surface area contributed by atoms with Gasteiger partial charge in [-0.25, -0.2) is 0 Å². The first-order chi connectivity index (χ1) is 6.34. The molecule has 0 aromatic rings. The standard InChI is InChI=1S/C11H23NS/c1-11-7-3-2-4-8-12(11)9-5-6-10-13/h11,13H,2-10H2,1H3. The van der Waals surface area contributed by atoms with Crippen LogP contribution in [0.25, 0.3) is 0 Å². The number of hydrogen-bond donors (Lipinski definition) is 1. The molecular formula is C11H23NS. The second kappa shape index (κ2) is 6.72. The minimum absolute atomic E-state index is 0.822. The van der Waals surface area contributed by atoms with Crippen LogP contribution in [0, 0.1) is 0 Å². The van der Waals surface area contributed by atoms with Gasteiger partial charge in [0.1, 0.15) is 0 Å². The molecule has 0 aliphatic carbocycles. The molecule has 0 saturated carbocycles. The fraction of sp³-hybridized carbons (Fsp3) is 1.00. The van der Waals surface area contributed by atoms with Gasteiger partial charge < -0.3 is 4.90 Å². The number of rotatable bonds is 4. The number of thiol groups is 1. The van der Waals surface area contributed by atoms with Crippen molar-refractivity contribution in [3.8, 4) is 0 Å². The summed E-state index contributed by atoms with van der Waals surface area (Å²) in [5.41, 5.74) is 0. The Morgan fingerprint density at radius 2 is 2.08 bits per heavy atom. The molecule has 1 nitrogen and oxygen atoms in total. The average molecular weight is 201 g/mol. The van der Waals surface area contributed by atoms with Gasteiger partial charge in [0.05, 0.1) is 0 Å². The van der Waals surface area contributed by atoms with Crippen LogP contribution >= 0.6 is 12.6 Å². The first-order valence-corrected chi connectivity index (χ1v) is 6.32. The summed E-state index contributed by atoms with van der Waals surface area (Å²) in [4.78, 5) is 2.66. The van der Waals surface area contributed by atoms with Crippen molar-refractivity contribution in [1.82, 2.24) is 4.90 Å². The molecule has 0 bridgehead atoms. The van der Waals surface area contributed by atoms with Crippen LogP contribution in [0.15, 0.2) is 0 Å². The largest absolute Gasteiger partial charge is 0.301 e. The van der Waals surface area contributed by atoms with Gasteiger partial charge in [0.2, 0.25) is 0 Å². The van der Waals surface area contributed by atoms with Crippen LogP contribution in [-0.4, -0.2) is 29.8 Å². The average Bonchev–Trinajstić information content (AvgIpc) is 2.32. The molecule has 0 N–H and O–H groups in total. The quantitative estimate of drug-likeness (QED) is 0.540. The molecule has 13 heavy (non-hydrogen) atoms. The fourth-order valence-electron chi connectivity index (χ4n) is 2.09. The number of nitrogens with zero attached hydrogens (tertiary/aromatic N) is 1. The van der Waals surface area contributed by atoms with E-state index < -0.39 is 0 Å². The third-order valence-electron chi connectivity index (χ3n) is 3.04. The van der Waals surface area contributed by atoms with Crippen LogP contribution in [0.2, 0.25) is 0 Å². The molecule has 1 aliphatic heterocycles. The Balaban J connectivity index is 2.19. The zero-order valence-corrected chi connectivity index (χ0v) is 9.73. The highest BCUT2D eigenvalue weighted by atomic mass is 32.1. The van der Waals surface area contributed by atoms with Crippen LogP contribution < -0.4 is 0 Å². The topological polar surface area (TPSA) is 3.24 Å². The van der Waals surface area contributed by atoms with E-state index in [2.05, 4.69) is 24.5 Å². The predicted octanol–water partition coefficient (Wildman–Crippen LogP) is 2.96. The normalized spacial score (nSPS) is 25.8. The number of likely N-dealkylation sites (tertiary alicyclic amines) is 1. The Labute approximate surface area is 88.3 Å². The Morgan fingerprint density at radius 3 is 2.85 bits per heavy atom. The fourth-order valence-corrected chi connectivity index (χ4v) is 2.32. The molecule has 0 amide bonds. The zero-order valence-electron chi connectivity index (χ0n) is 8.84. The molecule has 0 aromatic heterocycles. The molecule has 0 radical (unpaired) electrons. The second-order valence-electron chi connectivity index (χ2n) is 4.17. The molecular weight excluding hydrogens is 178 g/mol. The van der Waals surface area contributed by atoms with E-state index in [4.69, 9.17) is 0 Å². The minimum Gasteiger partial charge on any atom is -0.301 e. The lowest BCUT2D eigenvalue weighted by Crippen LogP contribution is -2.33. The maximum Gasteiger partial charge on any atom is 0.00669 e. The molecule has 1 aliphatic rings. The molecule has 1 heterocycles. The summed E-state index contributed by atoms with van der Waals surface area (Å²) in [6.07, 6.45) is 8.28. The van der Waals surface area contributed by atoms with Gasteiger partial charge in [-0.3, -0.25) is 0 Å². The van der Waals surface area contributed by atoms with Gasteiger partial charge >= 0.3 is 0 Å². The summed E-state index contributed by atoms with van der Waals surface area (Å²) >= 11 is 4.24. The minimum atomic E-state index is 0.822. The van der Waals surface area contributed by atoms with Gasteiger partial charge in [-0.2, -0.15) is 12.6 Å². The van der Waals surface area contributed by atoms with Crippen molar-refractivity contribution in [3.63, 3.8) is 0 Å². The van der Waals surface area contributed by atoms with Crippen LogP contribution in [0.4, 0.5) is 0 Å². The summed E-state index contributed by atoms with van der Waals surface area (Å²) in [6, 6.07) is 0.822. The molecule has 0 aromatic carbocycles. The molecule has 1 fully saturated rings. The van der Waals surface area contributed by atoms with Crippen molar-refractivity contribution in [1.29, 1.82) is 0 Å². The monoisotopic (exact) mass is 201 g/mol. The van der Waals surface area contributed by atoms with Crippen LogP contribution in [0.1, 0.15) is 45.4 Å². The van der Waals surface area contributed by atoms with Crippen LogP contribution in [-0.2, 0) is 0 Å². The highest BCUT2D eigenvalue weighted by molar-refractivity contribution is 7.80. The Hall–Kier alpha value is 0.310. The maximum absolute atomic E-state index is 4.24. The van der Waals surface area contributed by atoms with E-state index in [1.165, 1.54) is 51.6 Å². The van der Waals surface area contributed by atoms with Crippen molar-refractivity contribution in [3.05, 3.63) is 0 Å². The van der Waals surface area contributed by atoms with Gasteiger partial charge in [-0.05, 0) is 51.4 Å². The summed E-state index contributed by atoms with van der Waals surface area (Å²) in [7, 11) is 0.